The summed E-state index contributed by atoms with van der Waals surface area (Å²) in [4.78, 5) is 26.9. The van der Waals surface area contributed by atoms with Crippen molar-refractivity contribution in [1.29, 1.82) is 0 Å². The molecule has 0 saturated carbocycles. The Hall–Kier alpha value is -1.86. The Kier molecular flexibility index (Phi) is 9.21. The molecule has 0 spiro atoms. The van der Waals surface area contributed by atoms with Gasteiger partial charge in [0.15, 0.2) is 0 Å². The van der Waals surface area contributed by atoms with E-state index in [9.17, 15) is 9.59 Å². The van der Waals surface area contributed by atoms with Gasteiger partial charge in [-0.3, -0.25) is 4.79 Å². The summed E-state index contributed by atoms with van der Waals surface area (Å²) < 4.78 is 11.7. The molecule has 0 saturated heterocycles. The van der Waals surface area contributed by atoms with E-state index in [-0.39, 0.29) is 11.3 Å². The third kappa shape index (κ3) is 6.42. The third-order valence-electron chi connectivity index (χ3n) is 6.56. The SMILES string of the molecule is CCCCCCOc1ccc(C(=O)Nc2sc3c(c2C(=O)OC)CCC(C(C)(C)C)C3)cc1Br. The number of hydrogen-bond donors (Lipinski definition) is 1. The van der Waals surface area contributed by atoms with Gasteiger partial charge >= 0.3 is 5.97 Å². The first-order valence-corrected chi connectivity index (χ1v) is 13.7. The zero-order chi connectivity index (χ0) is 24.9. The van der Waals surface area contributed by atoms with Crippen molar-refractivity contribution in [2.24, 2.45) is 11.3 Å². The van der Waals surface area contributed by atoms with Gasteiger partial charge in [0.05, 0.1) is 23.8 Å². The largest absolute Gasteiger partial charge is 0.492 e. The summed E-state index contributed by atoms with van der Waals surface area (Å²) in [6, 6.07) is 5.33. The minimum atomic E-state index is -0.394. The molecule has 1 unspecified atom stereocenters. The molecule has 5 nitrogen and oxygen atoms in total. The molecule has 1 aromatic carbocycles. The minimum Gasteiger partial charge on any atom is -0.492 e. The molecule has 0 aliphatic heterocycles. The lowest BCUT2D eigenvalue weighted by Crippen LogP contribution is -2.26. The number of halogens is 1. The highest BCUT2D eigenvalue weighted by molar-refractivity contribution is 9.10. The van der Waals surface area contributed by atoms with Crippen molar-refractivity contribution in [3.8, 4) is 5.75 Å². The topological polar surface area (TPSA) is 64.6 Å². The van der Waals surface area contributed by atoms with E-state index in [1.807, 2.05) is 6.07 Å². The number of benzene rings is 1. The molecule has 34 heavy (non-hydrogen) atoms. The number of nitrogens with one attached hydrogen (secondary N) is 1. The van der Waals surface area contributed by atoms with E-state index >= 15 is 0 Å². The first-order chi connectivity index (χ1) is 16.2. The molecule has 1 atom stereocenters. The lowest BCUT2D eigenvalue weighted by Gasteiger charge is -2.33. The van der Waals surface area contributed by atoms with Crippen LogP contribution in [0.15, 0.2) is 22.7 Å². The second-order valence-corrected chi connectivity index (χ2v) is 12.0. The maximum Gasteiger partial charge on any atom is 0.341 e. The van der Waals surface area contributed by atoms with E-state index in [1.165, 1.54) is 36.2 Å². The number of unbranched alkanes of at least 4 members (excludes halogenated alkanes) is 3. The van der Waals surface area contributed by atoms with Crippen molar-refractivity contribution in [1.82, 2.24) is 0 Å². The van der Waals surface area contributed by atoms with E-state index in [0.717, 1.165) is 47.9 Å². The predicted molar refractivity (Wildman–Crippen MR) is 142 cm³/mol. The van der Waals surface area contributed by atoms with Crippen LogP contribution in [-0.2, 0) is 17.6 Å². The van der Waals surface area contributed by atoms with Gasteiger partial charge in [-0.15, -0.1) is 11.3 Å². The van der Waals surface area contributed by atoms with Crippen LogP contribution in [0.1, 0.15) is 91.0 Å². The molecule has 0 fully saturated rings. The lowest BCUT2D eigenvalue weighted by atomic mass is 9.72. The number of anilines is 1. The molecule has 1 N–H and O–H groups in total. The van der Waals surface area contributed by atoms with Gasteiger partial charge in [0.1, 0.15) is 10.8 Å². The number of fused-ring (bicyclic) bond motifs is 1. The Bertz CT molecular complexity index is 1020. The summed E-state index contributed by atoms with van der Waals surface area (Å²) in [5.41, 5.74) is 2.23. The maximum atomic E-state index is 13.1. The molecular formula is C27H36BrNO4S. The summed E-state index contributed by atoms with van der Waals surface area (Å²) >= 11 is 5.03. The molecule has 1 aliphatic carbocycles. The Morgan fingerprint density at radius 2 is 1.97 bits per heavy atom. The predicted octanol–water partition coefficient (Wildman–Crippen LogP) is 7.66. The molecule has 1 heterocycles. The van der Waals surface area contributed by atoms with Crippen LogP contribution in [0.3, 0.4) is 0 Å². The Morgan fingerprint density at radius 1 is 1.21 bits per heavy atom. The quantitative estimate of drug-likeness (QED) is 0.257. The fourth-order valence-electron chi connectivity index (χ4n) is 4.38. The molecule has 1 aromatic heterocycles. The lowest BCUT2D eigenvalue weighted by molar-refractivity contribution is 0.0600. The van der Waals surface area contributed by atoms with Gasteiger partial charge in [-0.05, 0) is 76.7 Å². The number of esters is 1. The van der Waals surface area contributed by atoms with Crippen molar-refractivity contribution in [3.05, 3.63) is 44.2 Å². The first-order valence-electron chi connectivity index (χ1n) is 12.1. The van der Waals surface area contributed by atoms with Crippen LogP contribution in [0.4, 0.5) is 5.00 Å². The summed E-state index contributed by atoms with van der Waals surface area (Å²) in [5, 5.41) is 3.56. The highest BCUT2D eigenvalue weighted by Gasteiger charge is 2.34. The number of hydrogen-bond acceptors (Lipinski definition) is 5. The van der Waals surface area contributed by atoms with Gasteiger partial charge in [-0.1, -0.05) is 47.0 Å². The Morgan fingerprint density at radius 3 is 2.62 bits per heavy atom. The van der Waals surface area contributed by atoms with Crippen molar-refractivity contribution >= 4 is 44.1 Å². The number of ether oxygens (including phenoxy) is 2. The number of carbonyl (C=O) groups excluding carboxylic acids is 2. The van der Waals surface area contributed by atoms with Gasteiger partial charge in [0.25, 0.3) is 5.91 Å². The monoisotopic (exact) mass is 549 g/mol. The zero-order valence-electron chi connectivity index (χ0n) is 20.9. The van der Waals surface area contributed by atoms with Crippen molar-refractivity contribution in [2.75, 3.05) is 19.0 Å². The Balaban J connectivity index is 1.76. The van der Waals surface area contributed by atoms with E-state index in [4.69, 9.17) is 9.47 Å². The highest BCUT2D eigenvalue weighted by atomic mass is 79.9. The maximum absolute atomic E-state index is 13.1. The van der Waals surface area contributed by atoms with Gasteiger partial charge in [0, 0.05) is 10.4 Å². The van der Waals surface area contributed by atoms with Crippen molar-refractivity contribution in [2.45, 2.75) is 72.6 Å². The van der Waals surface area contributed by atoms with Crippen LogP contribution in [-0.4, -0.2) is 25.6 Å². The van der Waals surface area contributed by atoms with Gasteiger partial charge in [0.2, 0.25) is 0 Å². The first kappa shape index (κ1) is 26.7. The van der Waals surface area contributed by atoms with Crippen molar-refractivity contribution in [3.63, 3.8) is 0 Å². The van der Waals surface area contributed by atoms with E-state index in [2.05, 4.69) is 48.9 Å². The molecule has 3 rings (SSSR count). The standard InChI is InChI=1S/C27H36BrNO4S/c1-6-7-8-9-14-33-21-13-10-17(15-20(21)28)24(30)29-25-23(26(31)32-5)19-12-11-18(27(2,3)4)16-22(19)34-25/h10,13,15,18H,6-9,11-12,14,16H2,1-5H3,(H,29,30). The summed E-state index contributed by atoms with van der Waals surface area (Å²) in [6.45, 7) is 9.62. The fraction of sp³-hybridized carbons (Fsp3) is 0.556. The molecule has 0 bridgehead atoms. The van der Waals surface area contributed by atoms with Crippen LogP contribution in [0.5, 0.6) is 5.75 Å². The van der Waals surface area contributed by atoms with Gasteiger partial charge in [-0.2, -0.15) is 0 Å². The average Bonchev–Trinajstić information content (AvgIpc) is 3.15. The molecule has 186 valence electrons. The van der Waals surface area contributed by atoms with Crippen LogP contribution < -0.4 is 10.1 Å². The smallest absolute Gasteiger partial charge is 0.341 e. The molecular weight excluding hydrogens is 514 g/mol. The van der Waals surface area contributed by atoms with Crippen LogP contribution in [0, 0.1) is 11.3 Å². The summed E-state index contributed by atoms with van der Waals surface area (Å²) in [5.74, 6) is 0.614. The second kappa shape index (κ2) is 11.7. The number of rotatable bonds is 9. The van der Waals surface area contributed by atoms with Crippen LogP contribution >= 0.6 is 27.3 Å². The van der Waals surface area contributed by atoms with E-state index in [1.54, 1.807) is 12.1 Å². The number of amides is 1. The van der Waals surface area contributed by atoms with Gasteiger partial charge < -0.3 is 14.8 Å². The third-order valence-corrected chi connectivity index (χ3v) is 8.35. The number of thiophene rings is 1. The molecule has 7 heteroatoms. The minimum absolute atomic E-state index is 0.197. The van der Waals surface area contributed by atoms with Crippen LogP contribution in [0.2, 0.25) is 0 Å². The average molecular weight is 551 g/mol. The summed E-state index contributed by atoms with van der Waals surface area (Å²) in [7, 11) is 1.39. The zero-order valence-corrected chi connectivity index (χ0v) is 23.3. The van der Waals surface area contributed by atoms with Crippen molar-refractivity contribution < 1.29 is 19.1 Å². The van der Waals surface area contributed by atoms with Gasteiger partial charge in [-0.25, -0.2) is 4.79 Å². The Labute approximate surface area is 215 Å². The summed E-state index contributed by atoms with van der Waals surface area (Å²) in [6.07, 6.45) is 7.33. The normalized spacial score (nSPS) is 15.5. The number of carbonyl (C=O) groups is 2. The van der Waals surface area contributed by atoms with E-state index in [0.29, 0.717) is 28.7 Å². The molecule has 0 radical (unpaired) electrons. The van der Waals surface area contributed by atoms with Crippen LogP contribution in [0.25, 0.3) is 0 Å². The molecule has 1 amide bonds. The fourth-order valence-corrected chi connectivity index (χ4v) is 6.18. The molecule has 2 aromatic rings. The molecule has 1 aliphatic rings. The van der Waals surface area contributed by atoms with E-state index < -0.39 is 5.97 Å². The highest BCUT2D eigenvalue weighted by Crippen LogP contribution is 2.44. The second-order valence-electron chi connectivity index (χ2n) is 10.0. The number of methoxy groups -OCH3 is 1.